The molecular formula is C46H102N2. The Labute approximate surface area is 309 Å². The molecule has 2 unspecified atom stereocenters. The summed E-state index contributed by atoms with van der Waals surface area (Å²) in [6.07, 6.45) is 44.6. The second-order valence-corrected chi connectivity index (χ2v) is 14.8. The Morgan fingerprint density at radius 3 is 0.854 bits per heavy atom. The maximum absolute atomic E-state index is 4.50. The van der Waals surface area contributed by atoms with Gasteiger partial charge in [-0.1, -0.05) is 229 Å². The molecule has 0 aromatic carbocycles. The summed E-state index contributed by atoms with van der Waals surface area (Å²) in [6, 6.07) is 0. The van der Waals surface area contributed by atoms with Crippen LogP contribution in [0.1, 0.15) is 261 Å². The molecule has 0 aliphatic carbocycles. The summed E-state index contributed by atoms with van der Waals surface area (Å²) in [5, 5.41) is 0. The monoisotopic (exact) mass is 683 g/mol. The first-order valence-corrected chi connectivity index (χ1v) is 22.9. The van der Waals surface area contributed by atoms with Crippen LogP contribution in [0.25, 0.3) is 0 Å². The van der Waals surface area contributed by atoms with Crippen LogP contribution >= 0.6 is 0 Å². The van der Waals surface area contributed by atoms with Gasteiger partial charge in [0.2, 0.25) is 0 Å². The van der Waals surface area contributed by atoms with E-state index in [1.807, 2.05) is 13.8 Å². The molecule has 0 aromatic heterocycles. The van der Waals surface area contributed by atoms with Gasteiger partial charge in [0.15, 0.2) is 0 Å². The van der Waals surface area contributed by atoms with E-state index in [4.69, 9.17) is 0 Å². The molecule has 0 bridgehead atoms. The molecule has 0 saturated heterocycles. The minimum atomic E-state index is 0.937. The predicted molar refractivity (Wildman–Crippen MR) is 228 cm³/mol. The Bertz CT molecular complexity index is 479. The van der Waals surface area contributed by atoms with Crippen molar-refractivity contribution in [3.05, 3.63) is 0 Å². The van der Waals surface area contributed by atoms with E-state index in [1.165, 1.54) is 226 Å². The van der Waals surface area contributed by atoms with E-state index < -0.39 is 0 Å². The zero-order valence-electron chi connectivity index (χ0n) is 36.2. The normalized spacial score (nSPS) is 12.0. The lowest BCUT2D eigenvalue weighted by atomic mass is 9.91. The van der Waals surface area contributed by atoms with Crippen LogP contribution < -0.4 is 5.73 Å². The lowest BCUT2D eigenvalue weighted by Crippen LogP contribution is -2.35. The lowest BCUT2D eigenvalue weighted by molar-refractivity contribution is 0.170. The van der Waals surface area contributed by atoms with Crippen LogP contribution in [0.3, 0.4) is 0 Å². The van der Waals surface area contributed by atoms with Crippen molar-refractivity contribution in [3.63, 3.8) is 0 Å². The highest BCUT2D eigenvalue weighted by atomic mass is 15.1. The van der Waals surface area contributed by atoms with Crippen LogP contribution in [0, 0.1) is 11.8 Å². The second-order valence-electron chi connectivity index (χ2n) is 14.8. The summed E-state index contributed by atoms with van der Waals surface area (Å²) >= 11 is 0. The molecule has 2 heteroatoms. The summed E-state index contributed by atoms with van der Waals surface area (Å²) in [7, 11) is 1.50. The van der Waals surface area contributed by atoms with Crippen molar-refractivity contribution in [3.8, 4) is 0 Å². The molecule has 0 spiro atoms. The van der Waals surface area contributed by atoms with Gasteiger partial charge in [-0.05, 0) is 57.5 Å². The predicted octanol–water partition coefficient (Wildman–Crippen LogP) is 16.3. The highest BCUT2D eigenvalue weighted by molar-refractivity contribution is 4.72. The lowest BCUT2D eigenvalue weighted by Gasteiger charge is -2.31. The summed E-state index contributed by atoms with van der Waals surface area (Å²) in [5.74, 6) is 1.87. The molecule has 0 rings (SSSR count). The van der Waals surface area contributed by atoms with E-state index in [0.29, 0.717) is 0 Å². The molecule has 0 aliphatic heterocycles. The molecule has 2 nitrogen and oxygen atoms in total. The summed E-state index contributed by atoms with van der Waals surface area (Å²) in [4.78, 5) is 3.01. The van der Waals surface area contributed by atoms with Gasteiger partial charge < -0.3 is 10.6 Å². The van der Waals surface area contributed by atoms with E-state index in [-0.39, 0.29) is 0 Å². The Kier molecular flexibility index (Phi) is 61.2. The number of rotatable bonds is 35. The van der Waals surface area contributed by atoms with Crippen LogP contribution in [0.15, 0.2) is 0 Å². The second kappa shape index (κ2) is 53.7. The zero-order chi connectivity index (χ0) is 36.8. The third kappa shape index (κ3) is 48.0. The molecule has 0 aliphatic rings. The van der Waals surface area contributed by atoms with Crippen molar-refractivity contribution in [1.29, 1.82) is 0 Å². The highest BCUT2D eigenvalue weighted by Crippen LogP contribution is 2.24. The van der Waals surface area contributed by atoms with Crippen molar-refractivity contribution < 1.29 is 0 Å². The number of nitrogens with zero attached hydrogens (tertiary/aromatic N) is 1. The molecule has 0 heterocycles. The highest BCUT2D eigenvalue weighted by Gasteiger charge is 2.18. The largest absolute Gasteiger partial charge is 0.333 e. The molecule has 48 heavy (non-hydrogen) atoms. The zero-order valence-corrected chi connectivity index (χ0v) is 36.2. The molecule has 296 valence electrons. The molecule has 0 fully saturated rings. The minimum Gasteiger partial charge on any atom is -0.333 e. The first-order chi connectivity index (χ1) is 23.6. The van der Waals surface area contributed by atoms with Gasteiger partial charge in [-0.3, -0.25) is 0 Å². The molecule has 0 saturated carbocycles. The van der Waals surface area contributed by atoms with E-state index in [1.54, 1.807) is 0 Å². The quantitative estimate of drug-likeness (QED) is 0.0674. The van der Waals surface area contributed by atoms with E-state index in [2.05, 4.69) is 59.1 Å². The fourth-order valence-electron chi connectivity index (χ4n) is 6.90. The maximum atomic E-state index is 4.50. The molecule has 0 amide bonds. The van der Waals surface area contributed by atoms with Crippen LogP contribution in [0.5, 0.6) is 0 Å². The first-order valence-electron chi connectivity index (χ1n) is 22.9. The number of unbranched alkanes of at least 4 members (excludes halogenated alkanes) is 21. The Morgan fingerprint density at radius 1 is 0.333 bits per heavy atom. The van der Waals surface area contributed by atoms with E-state index in [0.717, 1.165) is 11.8 Å². The van der Waals surface area contributed by atoms with Gasteiger partial charge in [-0.25, -0.2) is 0 Å². The van der Waals surface area contributed by atoms with E-state index in [9.17, 15) is 0 Å². The van der Waals surface area contributed by atoms with Gasteiger partial charge in [0, 0.05) is 13.1 Å². The van der Waals surface area contributed by atoms with Gasteiger partial charge in [0.25, 0.3) is 0 Å². The average Bonchev–Trinajstić information content (AvgIpc) is 3.11. The van der Waals surface area contributed by atoms with Gasteiger partial charge in [0.05, 0.1) is 0 Å². The third-order valence-electron chi connectivity index (χ3n) is 9.72. The van der Waals surface area contributed by atoms with Crippen molar-refractivity contribution in [2.24, 2.45) is 17.6 Å². The molecule has 0 radical (unpaired) electrons. The SMILES string of the molecule is CC.CCC.CCCCCCCCCCN(CC(CCCCC)CCCCCC)CC(CCCCCC)CCCCCCCCC.CN. The van der Waals surface area contributed by atoms with Crippen LogP contribution in [0.2, 0.25) is 0 Å². The molecule has 2 atom stereocenters. The minimum absolute atomic E-state index is 0.937. The average molecular weight is 683 g/mol. The van der Waals surface area contributed by atoms with Gasteiger partial charge in [-0.2, -0.15) is 0 Å². The van der Waals surface area contributed by atoms with Gasteiger partial charge >= 0.3 is 0 Å². The fourth-order valence-corrected chi connectivity index (χ4v) is 6.90. The number of nitrogens with two attached hydrogens (primary N) is 1. The topological polar surface area (TPSA) is 29.3 Å². The standard InChI is InChI=1S/C40H83N.C3H8.C2H6.CH5N/c1-6-11-16-20-22-24-26-31-36-41(37-39(32-27-15-10-5)33-28-18-13-8-3)38-40(34-29-19-14-9-4)35-30-25-23-21-17-12-7-2;1-3-2;2*1-2/h39-40H,6-38H2,1-5H3;3H2,1-2H3;1-2H3;2H2,1H3. The van der Waals surface area contributed by atoms with Crippen molar-refractivity contribution in [1.82, 2.24) is 4.90 Å². The van der Waals surface area contributed by atoms with Gasteiger partial charge in [-0.15, -0.1) is 0 Å². The van der Waals surface area contributed by atoms with Crippen LogP contribution in [0.4, 0.5) is 0 Å². The Morgan fingerprint density at radius 2 is 0.542 bits per heavy atom. The molecular weight excluding hydrogens is 581 g/mol. The fraction of sp³-hybridized carbons (Fsp3) is 1.00. The summed E-state index contributed by atoms with van der Waals surface area (Å²) < 4.78 is 0. The van der Waals surface area contributed by atoms with Crippen LogP contribution in [-0.2, 0) is 0 Å². The van der Waals surface area contributed by atoms with E-state index >= 15 is 0 Å². The smallest absolute Gasteiger partial charge is 0.000977 e. The molecule has 2 N–H and O–H groups in total. The summed E-state index contributed by atoms with van der Waals surface area (Å²) in [6.45, 7) is 24.2. The summed E-state index contributed by atoms with van der Waals surface area (Å²) in [5.41, 5.74) is 4.50. The van der Waals surface area contributed by atoms with Crippen LogP contribution in [-0.4, -0.2) is 31.6 Å². The maximum Gasteiger partial charge on any atom is 0.000977 e. The number of hydrogen-bond acceptors (Lipinski definition) is 2. The Hall–Kier alpha value is -0.0800. The Balaban J connectivity index is -0.00000128. The van der Waals surface area contributed by atoms with Crippen molar-refractivity contribution in [2.45, 2.75) is 261 Å². The van der Waals surface area contributed by atoms with Crippen molar-refractivity contribution >= 4 is 0 Å². The van der Waals surface area contributed by atoms with Crippen molar-refractivity contribution in [2.75, 3.05) is 26.7 Å². The first kappa shape index (κ1) is 54.7. The van der Waals surface area contributed by atoms with Gasteiger partial charge in [0.1, 0.15) is 0 Å². The molecule has 0 aromatic rings. The third-order valence-corrected chi connectivity index (χ3v) is 9.72. The number of hydrogen-bond donors (Lipinski definition) is 1.